The summed E-state index contributed by atoms with van der Waals surface area (Å²) in [6.45, 7) is 3.14. The zero-order valence-corrected chi connectivity index (χ0v) is 20.8. The largest absolute Gasteiger partial charge is 0.481 e. The van der Waals surface area contributed by atoms with Crippen molar-refractivity contribution in [3.63, 3.8) is 0 Å². The number of carboxylic acid groups (broad SMARTS) is 1. The van der Waals surface area contributed by atoms with Crippen LogP contribution in [0.15, 0.2) is 0 Å². The van der Waals surface area contributed by atoms with Gasteiger partial charge in [0.2, 0.25) is 11.8 Å². The molecule has 0 saturated carbocycles. The van der Waals surface area contributed by atoms with E-state index in [1.807, 2.05) is 6.92 Å². The Balaban J connectivity index is 0.000000230. The number of aliphatic carboxylic acids is 1. The number of carbonyl (C=O) groups is 4. The van der Waals surface area contributed by atoms with Crippen LogP contribution < -0.4 is 11.5 Å². The van der Waals surface area contributed by atoms with Crippen LogP contribution in [0.4, 0.5) is 0 Å². The summed E-state index contributed by atoms with van der Waals surface area (Å²) in [4.78, 5) is 70.6. The van der Waals surface area contributed by atoms with Gasteiger partial charge in [-0.25, -0.2) is 0 Å². The first-order valence-corrected chi connectivity index (χ1v) is 11.7. The molecule has 4 aliphatic rings. The van der Waals surface area contributed by atoms with Crippen LogP contribution in [0.5, 0.6) is 0 Å². The third kappa shape index (κ3) is 9.85. The lowest BCUT2D eigenvalue weighted by atomic mass is 9.95. The fourth-order valence-corrected chi connectivity index (χ4v) is 4.48. The molecular weight excluding hydrogens is 536 g/mol. The van der Waals surface area contributed by atoms with E-state index >= 15 is 0 Å². The molecule has 4 rings (SSSR count). The minimum absolute atomic E-state index is 0.0371. The Hall–Kier alpha value is -3.68. The van der Waals surface area contributed by atoms with Crippen molar-refractivity contribution in [2.45, 2.75) is 62.8 Å². The fourth-order valence-electron chi connectivity index (χ4n) is 4.48. The Morgan fingerprint density at radius 2 is 1.26 bits per heavy atom. The SMILES string of the molecule is C[C@H]1CO[C@H]2[C@@H]1OC[C@H]2O[N+](=O)[O-].NC(=O)CC(=O)C[C@H]1CO[C@H]2[C@@H]1OC[C@H]2O[N+](=O)[O-].NC(=O)CC(=O)O. The second-order valence-corrected chi connectivity index (χ2v) is 9.09. The normalized spacial score (nSPS) is 31.8. The monoisotopic (exact) mass is 566 g/mol. The number of rotatable bonds is 10. The molecule has 0 spiro atoms. The van der Waals surface area contributed by atoms with Gasteiger partial charge in [-0.2, -0.15) is 0 Å². The number of carbonyl (C=O) groups excluding carboxylic acids is 3. The number of hydrogen-bond acceptors (Lipinski definition) is 14. The number of ketones is 1. The number of ether oxygens (including phenoxy) is 4. The van der Waals surface area contributed by atoms with Crippen LogP contribution in [0.25, 0.3) is 0 Å². The van der Waals surface area contributed by atoms with Gasteiger partial charge in [-0.15, -0.1) is 20.2 Å². The summed E-state index contributed by atoms with van der Waals surface area (Å²) >= 11 is 0. The lowest BCUT2D eigenvalue weighted by Gasteiger charge is -2.15. The van der Waals surface area contributed by atoms with Crippen molar-refractivity contribution in [1.82, 2.24) is 0 Å². The van der Waals surface area contributed by atoms with E-state index in [1.165, 1.54) is 0 Å². The van der Waals surface area contributed by atoms with Gasteiger partial charge in [0.25, 0.3) is 10.2 Å². The molecule has 4 fully saturated rings. The second-order valence-electron chi connectivity index (χ2n) is 9.09. The van der Waals surface area contributed by atoms with Gasteiger partial charge in [-0.1, -0.05) is 6.92 Å². The number of fused-ring (bicyclic) bond motifs is 2. The molecule has 0 radical (unpaired) electrons. The summed E-state index contributed by atoms with van der Waals surface area (Å²) in [5.41, 5.74) is 9.41. The van der Waals surface area contributed by atoms with Crippen LogP contribution in [-0.2, 0) is 47.8 Å². The molecule has 2 amide bonds. The number of hydrogen-bond donors (Lipinski definition) is 3. The topological polar surface area (TPSA) is 282 Å². The van der Waals surface area contributed by atoms with Gasteiger partial charge in [0.05, 0.1) is 45.1 Å². The fraction of sp³-hybridized carbons (Fsp3) is 0.800. The summed E-state index contributed by atoms with van der Waals surface area (Å²) in [7, 11) is 0. The molecule has 0 unspecified atom stereocenters. The van der Waals surface area contributed by atoms with Gasteiger partial charge in [0.1, 0.15) is 24.4 Å². The van der Waals surface area contributed by atoms with Gasteiger partial charge in [-0.3, -0.25) is 19.2 Å². The van der Waals surface area contributed by atoms with E-state index in [9.17, 15) is 39.4 Å². The first kappa shape index (κ1) is 31.5. The molecule has 0 aromatic carbocycles. The van der Waals surface area contributed by atoms with Crippen molar-refractivity contribution in [2.75, 3.05) is 26.4 Å². The van der Waals surface area contributed by atoms with Gasteiger partial charge < -0.3 is 45.2 Å². The van der Waals surface area contributed by atoms with E-state index in [-0.39, 0.29) is 56.6 Å². The smallest absolute Gasteiger partial charge is 0.312 e. The molecule has 19 heteroatoms. The average Bonchev–Trinajstić information content (AvgIpc) is 3.54. The number of nitrogens with two attached hydrogens (primary N) is 2. The van der Waals surface area contributed by atoms with E-state index in [0.717, 1.165) is 0 Å². The highest BCUT2D eigenvalue weighted by atomic mass is 17.0. The molecular formula is C20H30N4O15. The minimum Gasteiger partial charge on any atom is -0.481 e. The van der Waals surface area contributed by atoms with Gasteiger partial charge in [0.15, 0.2) is 12.2 Å². The van der Waals surface area contributed by atoms with Gasteiger partial charge >= 0.3 is 5.97 Å². The maximum absolute atomic E-state index is 11.5. The molecule has 0 aliphatic carbocycles. The number of nitrogens with zero attached hydrogens (tertiary/aromatic N) is 2. The third-order valence-electron chi connectivity index (χ3n) is 6.00. The number of primary amides is 2. The first-order chi connectivity index (χ1) is 18.3. The highest BCUT2D eigenvalue weighted by Gasteiger charge is 2.50. The molecule has 0 bridgehead atoms. The Kier molecular flexibility index (Phi) is 11.7. The number of amides is 2. The Labute approximate surface area is 220 Å². The van der Waals surface area contributed by atoms with Crippen LogP contribution >= 0.6 is 0 Å². The zero-order chi connectivity index (χ0) is 29.3. The average molecular weight is 566 g/mol. The summed E-state index contributed by atoms with van der Waals surface area (Å²) in [6, 6.07) is 0. The standard InChI is InChI=1S/C10H14N2O7.C7H11NO5.C3H5NO3/c11-8(14)2-6(13)1-5-3-17-10-7(19-12(15)16)4-18-9(5)10;1-4-2-11-7-5(13-8(9)10)3-12-6(4)7;4-2(5)1-3(6)7/h5,7,9-10H,1-4H2,(H2,11,14);4-7H,2-3H2,1H3;1H2,(H2,4,5)(H,6,7)/t5-,7+,9+,10+;4-,5+,6+,7+;/m00./s1. The summed E-state index contributed by atoms with van der Waals surface area (Å²) < 4.78 is 21.5. The summed E-state index contributed by atoms with van der Waals surface area (Å²) in [6.07, 6.45) is -3.37. The van der Waals surface area contributed by atoms with Crippen LogP contribution in [0, 0.1) is 32.1 Å². The lowest BCUT2D eigenvalue weighted by molar-refractivity contribution is -0.769. The Morgan fingerprint density at radius 3 is 1.72 bits per heavy atom. The maximum atomic E-state index is 11.5. The predicted molar refractivity (Wildman–Crippen MR) is 120 cm³/mol. The predicted octanol–water partition coefficient (Wildman–Crippen LogP) is -2.24. The molecule has 4 heterocycles. The van der Waals surface area contributed by atoms with Crippen molar-refractivity contribution in [2.24, 2.45) is 23.3 Å². The van der Waals surface area contributed by atoms with Crippen LogP contribution in [0.2, 0.25) is 0 Å². The van der Waals surface area contributed by atoms with Crippen LogP contribution in [-0.4, -0.2) is 102 Å². The second kappa shape index (κ2) is 14.5. The minimum atomic E-state index is -1.19. The Bertz CT molecular complexity index is 921. The number of Topliss-reactive ketones (excluding diaryl/α,β-unsaturated/α-hetero) is 1. The molecule has 0 aromatic heterocycles. The summed E-state index contributed by atoms with van der Waals surface area (Å²) in [5, 5.41) is 26.5. The molecule has 4 aliphatic heterocycles. The molecule has 19 nitrogen and oxygen atoms in total. The van der Waals surface area contributed by atoms with Crippen molar-refractivity contribution < 1.29 is 63.1 Å². The van der Waals surface area contributed by atoms with E-state index in [2.05, 4.69) is 15.4 Å². The Morgan fingerprint density at radius 1 is 0.795 bits per heavy atom. The van der Waals surface area contributed by atoms with E-state index in [1.54, 1.807) is 0 Å². The molecule has 220 valence electrons. The van der Waals surface area contributed by atoms with Crippen molar-refractivity contribution >= 4 is 23.6 Å². The quantitative estimate of drug-likeness (QED) is 0.143. The molecule has 0 aromatic rings. The van der Waals surface area contributed by atoms with Crippen molar-refractivity contribution in [3.05, 3.63) is 20.2 Å². The van der Waals surface area contributed by atoms with Crippen molar-refractivity contribution in [3.8, 4) is 0 Å². The lowest BCUT2D eigenvalue weighted by Crippen LogP contribution is -2.33. The van der Waals surface area contributed by atoms with Crippen molar-refractivity contribution in [1.29, 1.82) is 0 Å². The van der Waals surface area contributed by atoms with Crippen LogP contribution in [0.3, 0.4) is 0 Å². The zero-order valence-electron chi connectivity index (χ0n) is 20.8. The molecule has 8 atom stereocenters. The maximum Gasteiger partial charge on any atom is 0.312 e. The van der Waals surface area contributed by atoms with E-state index < -0.39 is 58.8 Å². The summed E-state index contributed by atoms with van der Waals surface area (Å²) in [5.74, 6) is -2.89. The molecule has 39 heavy (non-hydrogen) atoms. The highest BCUT2D eigenvalue weighted by Crippen LogP contribution is 2.35. The van der Waals surface area contributed by atoms with E-state index in [0.29, 0.717) is 12.5 Å². The van der Waals surface area contributed by atoms with Crippen LogP contribution in [0.1, 0.15) is 26.2 Å². The molecule has 4 saturated heterocycles. The van der Waals surface area contributed by atoms with E-state index in [4.69, 9.17) is 29.8 Å². The molecule has 5 N–H and O–H groups in total. The van der Waals surface area contributed by atoms with Gasteiger partial charge in [0, 0.05) is 18.3 Å². The highest BCUT2D eigenvalue weighted by molar-refractivity contribution is 5.97. The third-order valence-corrected chi connectivity index (χ3v) is 6.00. The number of carboxylic acids is 1. The first-order valence-electron chi connectivity index (χ1n) is 11.7. The van der Waals surface area contributed by atoms with Gasteiger partial charge in [-0.05, 0) is 0 Å².